The smallest absolute Gasteiger partial charge is 0.290 e. The summed E-state index contributed by atoms with van der Waals surface area (Å²) in [6.07, 6.45) is 8.21. The molecule has 0 atom stereocenters. The van der Waals surface area contributed by atoms with Crippen LogP contribution in [-0.4, -0.2) is 25.2 Å². The molecule has 5 nitrogen and oxygen atoms in total. The molecule has 1 aliphatic rings. The third kappa shape index (κ3) is 3.40. The van der Waals surface area contributed by atoms with Crippen molar-refractivity contribution in [1.29, 1.82) is 0 Å². The summed E-state index contributed by atoms with van der Waals surface area (Å²) in [7, 11) is 0. The molecule has 0 radical (unpaired) electrons. The zero-order valence-corrected chi connectivity index (χ0v) is 20.6. The van der Waals surface area contributed by atoms with Crippen LogP contribution in [-0.2, 0) is 12.8 Å². The van der Waals surface area contributed by atoms with Crippen molar-refractivity contribution in [3.8, 4) is 16.8 Å². The van der Waals surface area contributed by atoms with Crippen molar-refractivity contribution in [2.75, 3.05) is 0 Å². The molecule has 0 saturated carbocycles. The topological polar surface area (TPSA) is 52.7 Å². The van der Waals surface area contributed by atoms with Gasteiger partial charge in [-0.2, -0.15) is 5.10 Å². The highest BCUT2D eigenvalue weighted by molar-refractivity contribution is 7.21. The van der Waals surface area contributed by atoms with Crippen LogP contribution in [0.2, 0.25) is 5.02 Å². The predicted octanol–water partition coefficient (Wildman–Crippen LogP) is 6.79. The number of aryl methyl sites for hydroxylation is 3. The fourth-order valence-corrected chi connectivity index (χ4v) is 6.27. The van der Waals surface area contributed by atoms with Crippen LogP contribution in [0.4, 0.5) is 0 Å². The Bertz CT molecular complexity index is 1540. The number of carbonyl (C=O) groups excluding carboxylic acids is 1. The molecule has 1 aromatic carbocycles. The first kappa shape index (κ1) is 21.3. The van der Waals surface area contributed by atoms with Crippen LogP contribution in [0.15, 0.2) is 54.9 Å². The molecule has 170 valence electrons. The van der Waals surface area contributed by atoms with Gasteiger partial charge >= 0.3 is 0 Å². The molecule has 0 saturated heterocycles. The van der Waals surface area contributed by atoms with Crippen molar-refractivity contribution in [2.45, 2.75) is 39.5 Å². The number of benzene rings is 1. The summed E-state index contributed by atoms with van der Waals surface area (Å²) in [5, 5.41) is 6.21. The largest absolute Gasteiger partial charge is 0.322 e. The molecule has 0 amide bonds. The molecule has 4 heterocycles. The summed E-state index contributed by atoms with van der Waals surface area (Å²) < 4.78 is 3.54. The third-order valence-electron chi connectivity index (χ3n) is 6.48. The molecule has 0 fully saturated rings. The van der Waals surface area contributed by atoms with E-state index in [0.29, 0.717) is 9.90 Å². The molecule has 5 aromatic rings. The lowest BCUT2D eigenvalue weighted by Gasteiger charge is -2.21. The molecule has 0 aliphatic heterocycles. The summed E-state index contributed by atoms with van der Waals surface area (Å²) in [6.45, 7) is 3.82. The maximum absolute atomic E-state index is 13.8. The third-order valence-corrected chi connectivity index (χ3v) is 7.80. The Balaban J connectivity index is 1.72. The number of hydrogen-bond acceptors (Lipinski definition) is 4. The zero-order chi connectivity index (χ0) is 23.4. The molecule has 0 bridgehead atoms. The highest BCUT2D eigenvalue weighted by Crippen LogP contribution is 2.44. The summed E-state index contributed by atoms with van der Waals surface area (Å²) in [6, 6.07) is 13.9. The van der Waals surface area contributed by atoms with E-state index in [-0.39, 0.29) is 5.91 Å². The number of nitrogens with zero attached hydrogens (tertiary/aromatic N) is 4. The predicted molar refractivity (Wildman–Crippen MR) is 137 cm³/mol. The number of hydrogen-bond donors (Lipinski definition) is 0. The second-order valence-corrected chi connectivity index (χ2v) is 10.3. The van der Waals surface area contributed by atoms with Crippen molar-refractivity contribution in [3.63, 3.8) is 0 Å². The average Bonchev–Trinajstić information content (AvgIpc) is 3.56. The van der Waals surface area contributed by atoms with Gasteiger partial charge in [-0.1, -0.05) is 23.7 Å². The molecule has 0 unspecified atom stereocenters. The maximum atomic E-state index is 13.8. The van der Waals surface area contributed by atoms with Crippen molar-refractivity contribution in [1.82, 2.24) is 19.3 Å². The number of fused-ring (bicyclic) bond motifs is 2. The number of thiophene rings is 1. The van der Waals surface area contributed by atoms with Gasteiger partial charge in [-0.15, -0.1) is 11.3 Å². The molecule has 1 aliphatic carbocycles. The van der Waals surface area contributed by atoms with Crippen LogP contribution in [0.1, 0.15) is 45.2 Å². The van der Waals surface area contributed by atoms with E-state index < -0.39 is 0 Å². The molecular formula is C27H23ClN4OS. The molecule has 0 N–H and O–H groups in total. The van der Waals surface area contributed by atoms with Crippen LogP contribution in [0.3, 0.4) is 0 Å². The molecule has 6 rings (SSSR count). The SMILES string of the molecule is Cc1cc(C)n(C(=O)c2sc3nc4c(c(-c5ccc(Cl)cc5)c3c2-n2cccc2)CCCC4)n1. The number of pyridine rings is 1. The van der Waals surface area contributed by atoms with Gasteiger partial charge in [-0.25, -0.2) is 9.67 Å². The van der Waals surface area contributed by atoms with Crippen molar-refractivity contribution < 1.29 is 4.79 Å². The lowest BCUT2D eigenvalue weighted by molar-refractivity contribution is 0.0946. The fourth-order valence-electron chi connectivity index (χ4n) is 5.01. The molecule has 34 heavy (non-hydrogen) atoms. The number of halogens is 1. The minimum absolute atomic E-state index is 0.127. The van der Waals surface area contributed by atoms with Crippen molar-refractivity contribution >= 4 is 39.1 Å². The lowest BCUT2D eigenvalue weighted by atomic mass is 9.87. The van der Waals surface area contributed by atoms with E-state index in [4.69, 9.17) is 16.6 Å². The first-order chi connectivity index (χ1) is 16.5. The van der Waals surface area contributed by atoms with Crippen molar-refractivity contribution in [2.24, 2.45) is 0 Å². The normalized spacial score (nSPS) is 13.4. The zero-order valence-electron chi connectivity index (χ0n) is 19.0. The lowest BCUT2D eigenvalue weighted by Crippen LogP contribution is -2.16. The number of rotatable bonds is 3. The van der Waals surface area contributed by atoms with Crippen LogP contribution >= 0.6 is 22.9 Å². The first-order valence-electron chi connectivity index (χ1n) is 11.5. The minimum atomic E-state index is -0.127. The molecule has 7 heteroatoms. The van der Waals surface area contributed by atoms with Crippen LogP contribution in [0.5, 0.6) is 0 Å². The maximum Gasteiger partial charge on any atom is 0.290 e. The second kappa shape index (κ2) is 8.22. The van der Waals surface area contributed by atoms with E-state index in [1.165, 1.54) is 27.1 Å². The van der Waals surface area contributed by atoms with E-state index >= 15 is 0 Å². The molecule has 4 aromatic heterocycles. The van der Waals surface area contributed by atoms with E-state index in [0.717, 1.165) is 64.2 Å². The summed E-state index contributed by atoms with van der Waals surface area (Å²) >= 11 is 7.69. The number of carbonyl (C=O) groups is 1. The van der Waals surface area contributed by atoms with Gasteiger partial charge in [0, 0.05) is 34.2 Å². The minimum Gasteiger partial charge on any atom is -0.322 e. The number of aromatic nitrogens is 4. The summed E-state index contributed by atoms with van der Waals surface area (Å²) in [5.41, 5.74) is 7.23. The van der Waals surface area contributed by atoms with Gasteiger partial charge in [0.2, 0.25) is 0 Å². The Kier molecular flexibility index (Phi) is 5.15. The molecule has 0 spiro atoms. The Morgan fingerprint density at radius 2 is 1.79 bits per heavy atom. The highest BCUT2D eigenvalue weighted by Gasteiger charge is 2.29. The first-order valence-corrected chi connectivity index (χ1v) is 12.7. The van der Waals surface area contributed by atoms with Crippen molar-refractivity contribution in [3.05, 3.63) is 87.4 Å². The van der Waals surface area contributed by atoms with E-state index in [1.807, 2.05) is 61.1 Å². The second-order valence-electron chi connectivity index (χ2n) is 8.82. The van der Waals surface area contributed by atoms with Gasteiger partial charge in [0.1, 0.15) is 9.71 Å². The van der Waals surface area contributed by atoms with Gasteiger partial charge in [-0.3, -0.25) is 4.79 Å². The highest BCUT2D eigenvalue weighted by atomic mass is 35.5. The fraction of sp³-hybridized carbons (Fsp3) is 0.222. The van der Waals surface area contributed by atoms with Gasteiger partial charge in [-0.05, 0) is 86.6 Å². The Labute approximate surface area is 206 Å². The summed E-state index contributed by atoms with van der Waals surface area (Å²) in [5.74, 6) is -0.127. The van der Waals surface area contributed by atoms with Gasteiger partial charge in [0.05, 0.1) is 11.4 Å². The summed E-state index contributed by atoms with van der Waals surface area (Å²) in [4.78, 5) is 20.5. The standard InChI is InChI=1S/C27H23ClN4OS/c1-16-15-17(2)32(30-16)27(33)25-24(31-13-5-6-14-31)23-22(18-9-11-19(28)12-10-18)20-7-3-4-8-21(20)29-26(23)34-25/h5-6,9-15H,3-4,7-8H2,1-2H3. The quantitative estimate of drug-likeness (QED) is 0.282. The van der Waals surface area contributed by atoms with Gasteiger partial charge < -0.3 is 4.57 Å². The van der Waals surface area contributed by atoms with Gasteiger partial charge in [0.15, 0.2) is 0 Å². The Hall–Kier alpha value is -3.22. The van der Waals surface area contributed by atoms with E-state index in [1.54, 1.807) is 0 Å². The molecular weight excluding hydrogens is 464 g/mol. The van der Waals surface area contributed by atoms with E-state index in [9.17, 15) is 4.79 Å². The average molecular weight is 487 g/mol. The monoisotopic (exact) mass is 486 g/mol. The van der Waals surface area contributed by atoms with Crippen LogP contribution in [0.25, 0.3) is 27.0 Å². The van der Waals surface area contributed by atoms with E-state index in [2.05, 4.69) is 17.2 Å². The van der Waals surface area contributed by atoms with Crippen LogP contribution < -0.4 is 0 Å². The Morgan fingerprint density at radius 1 is 1.06 bits per heavy atom. The van der Waals surface area contributed by atoms with Gasteiger partial charge in [0.25, 0.3) is 5.91 Å². The van der Waals surface area contributed by atoms with Crippen LogP contribution in [0, 0.1) is 13.8 Å². The Morgan fingerprint density at radius 3 is 2.50 bits per heavy atom.